The van der Waals surface area contributed by atoms with Gasteiger partial charge in [0.05, 0.1) is 39.6 Å². The van der Waals surface area contributed by atoms with Crippen LogP contribution < -0.4 is 40.2 Å². The summed E-state index contributed by atoms with van der Waals surface area (Å²) in [5.74, 6) is 1.80. The van der Waals surface area contributed by atoms with Gasteiger partial charge in [-0.2, -0.15) is 9.97 Å². The summed E-state index contributed by atoms with van der Waals surface area (Å²) in [6.07, 6.45) is 0. The molecule has 4 atom stereocenters. The SMILES string of the molecule is COc1cc(P)c(-c2c(P)cc(OC)nc2OC)c(OC)n1.Pc1ccc2ccccc2c1-c1c(P)ccc2ccccc12.[Ar].[Ar].[Ar].[Ar].[Ar].[Ar].[Ar].[Ar]. The van der Waals surface area contributed by atoms with Crippen LogP contribution in [0.4, 0.5) is 0 Å². The van der Waals surface area contributed by atoms with Gasteiger partial charge in [-0.3, -0.25) is 0 Å². The van der Waals surface area contributed by atoms with Crippen LogP contribution in [0, 0.1) is 302 Å². The van der Waals surface area contributed by atoms with Crippen LogP contribution in [-0.4, -0.2) is 38.4 Å². The monoisotopic (exact) mass is 978 g/mol. The number of hydrogen-bond donors (Lipinski definition) is 0. The van der Waals surface area contributed by atoms with Crippen LogP contribution in [0.3, 0.4) is 0 Å². The molecule has 2 heterocycles. The molecule has 0 bridgehead atoms. The van der Waals surface area contributed by atoms with E-state index in [1.165, 1.54) is 43.3 Å². The van der Waals surface area contributed by atoms with Crippen molar-refractivity contribution in [3.05, 3.63) is 84.9 Å². The van der Waals surface area contributed by atoms with E-state index in [1.54, 1.807) is 40.6 Å². The molecule has 0 saturated heterocycles. The minimum Gasteiger partial charge on any atom is -0.481 e. The van der Waals surface area contributed by atoms with Crippen LogP contribution in [0.5, 0.6) is 23.5 Å². The smallest absolute Gasteiger partial charge is 0.225 e. The van der Waals surface area contributed by atoms with Gasteiger partial charge in [0, 0.05) is 314 Å². The molecular weight excluding hydrogens is 944 g/mol. The Morgan fingerprint density at radius 1 is 0.385 bits per heavy atom. The van der Waals surface area contributed by atoms with Gasteiger partial charge < -0.3 is 18.9 Å². The maximum Gasteiger partial charge on any atom is 0.225 e. The molecule has 0 aliphatic heterocycles. The molecule has 6 aromatic rings. The number of aromatic nitrogens is 2. The number of nitrogens with zero attached hydrogens (tertiary/aromatic N) is 2. The van der Waals surface area contributed by atoms with Gasteiger partial charge in [0.15, 0.2) is 0 Å². The summed E-state index contributed by atoms with van der Waals surface area (Å²) in [5.41, 5.74) is 4.16. The fraction of sp³-hybridized carbons (Fsp3) is 0.118. The maximum atomic E-state index is 5.41. The van der Waals surface area contributed by atoms with Gasteiger partial charge in [-0.05, 0) is 53.9 Å². The Balaban J connectivity index is -0.000000384. The Morgan fingerprint density at radius 2 is 0.712 bits per heavy atom. The molecule has 2 aromatic heterocycles. The Hall–Kier alpha value is 6.70. The zero-order valence-electron chi connectivity index (χ0n) is 27.7. The third kappa shape index (κ3) is 16.7. The van der Waals surface area contributed by atoms with E-state index in [-0.39, 0.29) is 302 Å². The fourth-order valence-corrected chi connectivity index (χ4v) is 6.79. The number of ether oxygens (including phenoxy) is 4. The van der Waals surface area contributed by atoms with E-state index in [9.17, 15) is 0 Å². The molecule has 0 fully saturated rings. The predicted octanol–water partition coefficient (Wildman–Crippen LogP) is 5.84. The van der Waals surface area contributed by atoms with Crippen LogP contribution in [0.25, 0.3) is 43.8 Å². The van der Waals surface area contributed by atoms with Crippen molar-refractivity contribution in [1.29, 1.82) is 0 Å². The number of methoxy groups -OCH3 is 4. The largest absolute Gasteiger partial charge is 0.481 e. The summed E-state index contributed by atoms with van der Waals surface area (Å²) in [4.78, 5) is 8.65. The third-order valence-electron chi connectivity index (χ3n) is 7.21. The van der Waals surface area contributed by atoms with Crippen LogP contribution >= 0.6 is 37.0 Å². The molecule has 0 amide bonds. The second kappa shape index (κ2) is 33.2. The third-order valence-corrected chi connectivity index (χ3v) is 9.09. The van der Waals surface area contributed by atoms with E-state index in [2.05, 4.69) is 120 Å². The first-order valence-electron chi connectivity index (χ1n) is 13.6. The molecule has 4 unspecified atom stereocenters. The summed E-state index contributed by atoms with van der Waals surface area (Å²) in [5, 5.41) is 9.35. The molecular formula is C34H34Ar8N2O4P4. The van der Waals surface area contributed by atoms with Crippen molar-refractivity contribution in [3.63, 3.8) is 0 Å². The topological polar surface area (TPSA) is 62.7 Å². The molecule has 6 rings (SSSR count). The summed E-state index contributed by atoms with van der Waals surface area (Å²) >= 11 is 0. The standard InChI is InChI=1S/C20H16P2.C14H18N2O4P2.8Ar/c21-17-11-9-13-5-1-3-7-15(13)19(17)20-16-8-4-2-6-14(16)10-12-18(20)22;1-17-9-5-7(21)11(13(15-9)19-3)12-8(22)6-10(18-2)16-14(12)20-4;;;;;;;;/h1-12H,21-22H2;5-6H,21-22H2,1-4H3;;;;;;;;. The van der Waals surface area contributed by atoms with E-state index in [0.29, 0.717) is 23.5 Å². The molecule has 6 nitrogen and oxygen atoms in total. The van der Waals surface area contributed by atoms with Gasteiger partial charge in [-0.15, -0.1) is 37.0 Å². The summed E-state index contributed by atoms with van der Waals surface area (Å²) < 4.78 is 21.2. The fourth-order valence-electron chi connectivity index (χ4n) is 5.18. The number of pyridine rings is 2. The average molecular weight is 978 g/mol. The summed E-state index contributed by atoms with van der Waals surface area (Å²) in [6.45, 7) is 0. The zero-order chi connectivity index (χ0) is 31.4. The van der Waals surface area contributed by atoms with Crippen molar-refractivity contribution < 1.29 is 321 Å². The average Bonchev–Trinajstić information content (AvgIpc) is 3.05. The number of fused-ring (bicyclic) bond motifs is 2. The Morgan fingerprint density at radius 3 is 1.02 bits per heavy atom. The van der Waals surface area contributed by atoms with Crippen molar-refractivity contribution in [3.8, 4) is 45.8 Å². The van der Waals surface area contributed by atoms with E-state index in [1.807, 2.05) is 0 Å². The Kier molecular flexibility index (Phi) is 41.8. The van der Waals surface area contributed by atoms with Gasteiger partial charge in [0.1, 0.15) is 0 Å². The molecule has 52 heavy (non-hydrogen) atoms. The normalized spacial score (nSPS) is 9.08. The Labute approximate surface area is 556 Å². The first kappa shape index (κ1) is 65.3. The first-order chi connectivity index (χ1) is 21.3. The van der Waals surface area contributed by atoms with Crippen molar-refractivity contribution in [1.82, 2.24) is 9.97 Å². The van der Waals surface area contributed by atoms with E-state index in [4.69, 9.17) is 18.9 Å². The van der Waals surface area contributed by atoms with E-state index < -0.39 is 0 Å². The van der Waals surface area contributed by atoms with Crippen LogP contribution in [0.15, 0.2) is 84.9 Å². The minimum absolute atomic E-state index is 0. The second-order valence-corrected chi connectivity index (χ2v) is 12.3. The zero-order valence-corrected chi connectivity index (χ0v) is 38.0. The first-order valence-corrected chi connectivity index (χ1v) is 15.9. The molecule has 4 aromatic carbocycles. The molecule has 0 aliphatic carbocycles. The van der Waals surface area contributed by atoms with Crippen molar-refractivity contribution in [2.75, 3.05) is 28.4 Å². The van der Waals surface area contributed by atoms with Gasteiger partial charge in [-0.25, -0.2) is 0 Å². The molecule has 18 heteroatoms. The van der Waals surface area contributed by atoms with Crippen molar-refractivity contribution >= 4 is 79.7 Å². The molecule has 0 spiro atoms. The van der Waals surface area contributed by atoms with Gasteiger partial charge >= 0.3 is 0 Å². The second-order valence-electron chi connectivity index (χ2n) is 9.78. The molecule has 0 saturated carbocycles. The quantitative estimate of drug-likeness (QED) is 0.196. The number of benzene rings is 4. The summed E-state index contributed by atoms with van der Waals surface area (Å²) in [6, 6.07) is 29.6. The van der Waals surface area contributed by atoms with Crippen LogP contribution in [0.2, 0.25) is 0 Å². The van der Waals surface area contributed by atoms with Crippen LogP contribution in [0.1, 0.15) is 0 Å². The predicted molar refractivity (Wildman–Crippen MR) is 198 cm³/mol. The van der Waals surface area contributed by atoms with E-state index >= 15 is 0 Å². The number of hydrogen-bond acceptors (Lipinski definition) is 6. The maximum absolute atomic E-state index is 5.41. The van der Waals surface area contributed by atoms with Gasteiger partial charge in [0.25, 0.3) is 0 Å². The van der Waals surface area contributed by atoms with E-state index in [0.717, 1.165) is 21.7 Å². The summed E-state index contributed by atoms with van der Waals surface area (Å²) in [7, 11) is 17.3. The molecule has 0 aliphatic rings. The van der Waals surface area contributed by atoms with Gasteiger partial charge in [-0.1, -0.05) is 72.8 Å². The van der Waals surface area contributed by atoms with Crippen molar-refractivity contribution in [2.45, 2.75) is 0 Å². The molecule has 0 radical (unpaired) electrons. The van der Waals surface area contributed by atoms with Crippen LogP contribution in [-0.2, 0) is 0 Å². The minimum atomic E-state index is 0. The number of rotatable bonds is 6. The van der Waals surface area contributed by atoms with Gasteiger partial charge in [0.2, 0.25) is 23.5 Å². The van der Waals surface area contributed by atoms with Crippen molar-refractivity contribution in [2.24, 2.45) is 0 Å². The Bertz CT molecular complexity index is 1870. The molecule has 288 valence electrons. The molecule has 0 N–H and O–H groups in total.